The number of benzene rings is 2. The summed E-state index contributed by atoms with van der Waals surface area (Å²) in [6.07, 6.45) is 2.19. The van der Waals surface area contributed by atoms with E-state index in [0.29, 0.717) is 11.5 Å². The lowest BCUT2D eigenvalue weighted by Crippen LogP contribution is -2.30. The molecule has 1 unspecified atom stereocenters. The number of aryl methyl sites for hydroxylation is 3. The fourth-order valence-corrected chi connectivity index (χ4v) is 3.14. The third kappa shape index (κ3) is 5.03. The molecule has 3 rings (SSSR count). The number of aromatic nitrogens is 1. The van der Waals surface area contributed by atoms with Gasteiger partial charge in [-0.2, -0.15) is 0 Å². The van der Waals surface area contributed by atoms with Crippen molar-refractivity contribution >= 4 is 17.6 Å². The van der Waals surface area contributed by atoms with Gasteiger partial charge in [0, 0.05) is 11.9 Å². The number of amides is 1. The van der Waals surface area contributed by atoms with Crippen molar-refractivity contribution in [3.63, 3.8) is 0 Å². The second-order valence-corrected chi connectivity index (χ2v) is 7.10. The van der Waals surface area contributed by atoms with E-state index in [2.05, 4.69) is 10.3 Å². The molecule has 30 heavy (non-hydrogen) atoms. The van der Waals surface area contributed by atoms with E-state index in [9.17, 15) is 9.59 Å². The Morgan fingerprint density at radius 3 is 2.37 bits per heavy atom. The van der Waals surface area contributed by atoms with Crippen LogP contribution in [0.4, 0.5) is 5.69 Å². The van der Waals surface area contributed by atoms with Gasteiger partial charge in [0.2, 0.25) is 0 Å². The highest BCUT2D eigenvalue weighted by Crippen LogP contribution is 2.26. The molecule has 0 saturated carbocycles. The van der Waals surface area contributed by atoms with E-state index in [1.165, 1.54) is 6.92 Å². The number of nitrogens with zero attached hydrogens (tertiary/aromatic N) is 1. The summed E-state index contributed by atoms with van der Waals surface area (Å²) in [5, 5.41) is 2.86. The number of hydrogen-bond donors (Lipinski definition) is 1. The number of carbonyl (C=O) groups excluding carboxylic acids is 2. The topological polar surface area (TPSA) is 77.5 Å². The van der Waals surface area contributed by atoms with E-state index in [0.717, 1.165) is 22.4 Å². The Morgan fingerprint density at radius 2 is 1.70 bits per heavy atom. The molecule has 0 bridgehead atoms. The van der Waals surface area contributed by atoms with Crippen molar-refractivity contribution in [1.29, 1.82) is 0 Å². The van der Waals surface area contributed by atoms with Gasteiger partial charge in [0.1, 0.15) is 17.1 Å². The molecule has 3 aromatic rings. The summed E-state index contributed by atoms with van der Waals surface area (Å²) in [5.74, 6) is -0.222. The molecule has 0 fully saturated rings. The number of rotatable bonds is 6. The molecule has 0 aliphatic rings. The lowest BCUT2D eigenvalue weighted by atomic mass is 10.0. The van der Waals surface area contributed by atoms with Crippen LogP contribution in [0, 0.1) is 20.8 Å². The molecule has 154 valence electrons. The lowest BCUT2D eigenvalue weighted by Gasteiger charge is -2.17. The zero-order chi connectivity index (χ0) is 21.7. The number of hydrogen-bond acceptors (Lipinski definition) is 5. The maximum absolute atomic E-state index is 12.7. The van der Waals surface area contributed by atoms with Crippen molar-refractivity contribution in [2.45, 2.75) is 33.8 Å². The summed E-state index contributed by atoms with van der Waals surface area (Å²) >= 11 is 0. The molecule has 6 heteroatoms. The average Bonchev–Trinajstić information content (AvgIpc) is 2.71. The van der Waals surface area contributed by atoms with E-state index in [1.54, 1.807) is 48.8 Å². The van der Waals surface area contributed by atoms with E-state index >= 15 is 0 Å². The van der Waals surface area contributed by atoms with Crippen LogP contribution in [-0.2, 0) is 9.53 Å². The van der Waals surface area contributed by atoms with Gasteiger partial charge in [-0.15, -0.1) is 0 Å². The molecule has 0 spiro atoms. The summed E-state index contributed by atoms with van der Waals surface area (Å²) < 4.78 is 11.2. The van der Waals surface area contributed by atoms with E-state index < -0.39 is 18.0 Å². The van der Waals surface area contributed by atoms with Crippen molar-refractivity contribution < 1.29 is 19.1 Å². The van der Waals surface area contributed by atoms with Gasteiger partial charge in [-0.05, 0) is 63.1 Å². The van der Waals surface area contributed by atoms with Gasteiger partial charge in [-0.1, -0.05) is 29.8 Å². The summed E-state index contributed by atoms with van der Waals surface area (Å²) in [5.41, 5.74) is 3.98. The van der Waals surface area contributed by atoms with Gasteiger partial charge in [-0.3, -0.25) is 9.78 Å². The lowest BCUT2D eigenvalue weighted by molar-refractivity contribution is -0.123. The fraction of sp³-hybridized carbons (Fsp3) is 0.208. The predicted octanol–water partition coefficient (Wildman–Crippen LogP) is 4.98. The monoisotopic (exact) mass is 404 g/mol. The number of ether oxygens (including phenoxy) is 2. The fourth-order valence-electron chi connectivity index (χ4n) is 3.14. The molecule has 0 aliphatic carbocycles. The van der Waals surface area contributed by atoms with Crippen LogP contribution in [0.1, 0.15) is 34.0 Å². The second-order valence-electron chi connectivity index (χ2n) is 7.10. The molecule has 1 aromatic heterocycles. The third-order valence-electron chi connectivity index (χ3n) is 4.55. The number of para-hydroxylation sites is 1. The van der Waals surface area contributed by atoms with Crippen LogP contribution in [0.25, 0.3) is 0 Å². The molecular formula is C24H24N2O4. The van der Waals surface area contributed by atoms with Crippen molar-refractivity contribution in [2.75, 3.05) is 5.32 Å². The number of pyridine rings is 1. The first-order valence-corrected chi connectivity index (χ1v) is 9.61. The second kappa shape index (κ2) is 9.22. The number of esters is 1. The van der Waals surface area contributed by atoms with Crippen LogP contribution in [0.3, 0.4) is 0 Å². The van der Waals surface area contributed by atoms with Gasteiger partial charge < -0.3 is 14.8 Å². The average molecular weight is 404 g/mol. The molecule has 1 heterocycles. The zero-order valence-corrected chi connectivity index (χ0v) is 17.4. The van der Waals surface area contributed by atoms with Crippen LogP contribution in [0.2, 0.25) is 0 Å². The quantitative estimate of drug-likeness (QED) is 0.586. The summed E-state index contributed by atoms with van der Waals surface area (Å²) in [4.78, 5) is 29.3. The summed E-state index contributed by atoms with van der Waals surface area (Å²) in [6.45, 7) is 7.40. The maximum atomic E-state index is 12.7. The Balaban J connectivity index is 1.71. The summed E-state index contributed by atoms with van der Waals surface area (Å²) in [6, 6.07) is 14.2. The Bertz CT molecular complexity index is 1040. The highest BCUT2D eigenvalue weighted by atomic mass is 16.5. The first kappa shape index (κ1) is 21.0. The Labute approximate surface area is 175 Å². The Hall–Kier alpha value is -3.67. The number of anilines is 1. The molecule has 1 N–H and O–H groups in total. The molecular weight excluding hydrogens is 380 g/mol. The van der Waals surface area contributed by atoms with Crippen molar-refractivity contribution in [3.05, 3.63) is 83.2 Å². The van der Waals surface area contributed by atoms with Gasteiger partial charge in [0.15, 0.2) is 6.10 Å². The molecule has 0 aliphatic heterocycles. The number of carbonyl (C=O) groups is 2. The van der Waals surface area contributed by atoms with Crippen LogP contribution in [0.15, 0.2) is 60.9 Å². The predicted molar refractivity (Wildman–Crippen MR) is 115 cm³/mol. The first-order chi connectivity index (χ1) is 14.3. The summed E-state index contributed by atoms with van der Waals surface area (Å²) in [7, 11) is 0. The standard InChI is InChI=1S/C24H24N2O4/c1-15-12-16(2)22(17(3)13-15)26-23(27)18(4)29-24(28)20-9-5-6-10-21(20)30-19-8-7-11-25-14-19/h5-14,18H,1-4H3,(H,26,27). The minimum absolute atomic E-state index is 0.226. The smallest absolute Gasteiger partial charge is 0.342 e. The minimum Gasteiger partial charge on any atom is -0.455 e. The van der Waals surface area contributed by atoms with E-state index in [-0.39, 0.29) is 5.56 Å². The number of nitrogens with one attached hydrogen (secondary N) is 1. The van der Waals surface area contributed by atoms with E-state index in [1.807, 2.05) is 32.9 Å². The van der Waals surface area contributed by atoms with Gasteiger partial charge >= 0.3 is 5.97 Å². The zero-order valence-electron chi connectivity index (χ0n) is 17.4. The van der Waals surface area contributed by atoms with Crippen LogP contribution < -0.4 is 10.1 Å². The minimum atomic E-state index is -0.982. The van der Waals surface area contributed by atoms with Gasteiger partial charge in [0.05, 0.1) is 6.20 Å². The highest BCUT2D eigenvalue weighted by Gasteiger charge is 2.22. The van der Waals surface area contributed by atoms with Gasteiger partial charge in [-0.25, -0.2) is 4.79 Å². The van der Waals surface area contributed by atoms with Crippen molar-refractivity contribution in [2.24, 2.45) is 0 Å². The molecule has 1 atom stereocenters. The normalized spacial score (nSPS) is 11.5. The van der Waals surface area contributed by atoms with E-state index in [4.69, 9.17) is 9.47 Å². The largest absolute Gasteiger partial charge is 0.455 e. The molecule has 1 amide bonds. The highest BCUT2D eigenvalue weighted by molar-refractivity contribution is 5.99. The SMILES string of the molecule is Cc1cc(C)c(NC(=O)C(C)OC(=O)c2ccccc2Oc2cccnc2)c(C)c1. The Morgan fingerprint density at radius 1 is 1.00 bits per heavy atom. The van der Waals surface area contributed by atoms with Crippen molar-refractivity contribution in [3.8, 4) is 11.5 Å². The Kier molecular flexibility index (Phi) is 6.47. The van der Waals surface area contributed by atoms with Crippen molar-refractivity contribution in [1.82, 2.24) is 4.98 Å². The van der Waals surface area contributed by atoms with Crippen LogP contribution in [0.5, 0.6) is 11.5 Å². The third-order valence-corrected chi connectivity index (χ3v) is 4.55. The molecule has 0 saturated heterocycles. The van der Waals surface area contributed by atoms with Gasteiger partial charge in [0.25, 0.3) is 5.91 Å². The van der Waals surface area contributed by atoms with Crippen LogP contribution in [-0.4, -0.2) is 23.0 Å². The first-order valence-electron chi connectivity index (χ1n) is 9.61. The molecule has 6 nitrogen and oxygen atoms in total. The molecule has 2 aromatic carbocycles. The van der Waals surface area contributed by atoms with Crippen LogP contribution >= 0.6 is 0 Å². The maximum Gasteiger partial charge on any atom is 0.342 e. The molecule has 0 radical (unpaired) electrons.